The molecule has 0 heterocycles. The van der Waals surface area contributed by atoms with Gasteiger partial charge in [-0.1, -0.05) is 24.3 Å². The van der Waals surface area contributed by atoms with Gasteiger partial charge in [0.25, 0.3) is 10.1 Å². The number of nitrogens with zero attached hydrogens (tertiary/aromatic N) is 1. The molecule has 0 amide bonds. The van der Waals surface area contributed by atoms with E-state index in [1.54, 1.807) is 18.2 Å². The SMILES string of the molecule is CN(C)Cc1ccc2c(S(=O)(=O)O)cccc2c1O. The number of fused-ring (bicyclic) bond motifs is 1. The normalized spacial score (nSPS) is 12.2. The molecule has 2 aromatic carbocycles. The van der Waals surface area contributed by atoms with Crippen molar-refractivity contribution < 1.29 is 18.1 Å². The molecule has 0 radical (unpaired) electrons. The third-order valence-electron chi connectivity index (χ3n) is 2.84. The molecule has 0 aliphatic heterocycles. The van der Waals surface area contributed by atoms with Crippen molar-refractivity contribution in [2.24, 2.45) is 0 Å². The largest absolute Gasteiger partial charge is 0.507 e. The van der Waals surface area contributed by atoms with E-state index in [1.807, 2.05) is 19.0 Å². The Morgan fingerprint density at radius 1 is 1.11 bits per heavy atom. The predicted molar refractivity (Wildman–Crippen MR) is 72.8 cm³/mol. The summed E-state index contributed by atoms with van der Waals surface area (Å²) in [7, 11) is -0.557. The maximum Gasteiger partial charge on any atom is 0.295 e. The maximum atomic E-state index is 11.3. The van der Waals surface area contributed by atoms with E-state index in [-0.39, 0.29) is 10.6 Å². The van der Waals surface area contributed by atoms with Gasteiger partial charge in [-0.3, -0.25) is 4.55 Å². The van der Waals surface area contributed by atoms with Crippen molar-refractivity contribution in [1.82, 2.24) is 4.90 Å². The van der Waals surface area contributed by atoms with Gasteiger partial charge < -0.3 is 10.0 Å². The highest BCUT2D eigenvalue weighted by Crippen LogP contribution is 2.32. The Hall–Kier alpha value is -1.63. The molecule has 0 fully saturated rings. The summed E-state index contributed by atoms with van der Waals surface area (Å²) in [6.45, 7) is 0.540. The van der Waals surface area contributed by atoms with Crippen LogP contribution in [0.5, 0.6) is 5.75 Å². The van der Waals surface area contributed by atoms with E-state index in [4.69, 9.17) is 0 Å². The van der Waals surface area contributed by atoms with E-state index in [2.05, 4.69) is 0 Å². The van der Waals surface area contributed by atoms with Gasteiger partial charge in [0.05, 0.1) is 0 Å². The number of rotatable bonds is 3. The Morgan fingerprint density at radius 2 is 1.79 bits per heavy atom. The van der Waals surface area contributed by atoms with E-state index in [0.29, 0.717) is 22.9 Å². The Kier molecular flexibility index (Phi) is 3.49. The minimum absolute atomic E-state index is 0.0386. The fraction of sp³-hybridized carbons (Fsp3) is 0.231. The molecule has 102 valence electrons. The standard InChI is InChI=1S/C13H15NO4S/c1-14(2)8-9-6-7-10-11(13(9)15)4-3-5-12(10)19(16,17)18/h3-7,15H,8H2,1-2H3,(H,16,17,18). The first-order valence-electron chi connectivity index (χ1n) is 5.66. The van der Waals surface area contributed by atoms with E-state index < -0.39 is 10.1 Å². The highest BCUT2D eigenvalue weighted by molar-refractivity contribution is 7.86. The topological polar surface area (TPSA) is 77.8 Å². The molecular weight excluding hydrogens is 266 g/mol. The van der Waals surface area contributed by atoms with Gasteiger partial charge in [0.1, 0.15) is 10.6 Å². The monoisotopic (exact) mass is 281 g/mol. The first-order valence-corrected chi connectivity index (χ1v) is 7.10. The summed E-state index contributed by atoms with van der Waals surface area (Å²) >= 11 is 0. The van der Waals surface area contributed by atoms with Gasteiger partial charge >= 0.3 is 0 Å². The number of hydrogen-bond donors (Lipinski definition) is 2. The van der Waals surface area contributed by atoms with Crippen molar-refractivity contribution in [3.05, 3.63) is 35.9 Å². The van der Waals surface area contributed by atoms with Gasteiger partial charge in [-0.2, -0.15) is 8.42 Å². The van der Waals surface area contributed by atoms with Gasteiger partial charge in [0.2, 0.25) is 0 Å². The Balaban J connectivity index is 2.73. The minimum Gasteiger partial charge on any atom is -0.507 e. The zero-order valence-electron chi connectivity index (χ0n) is 10.7. The lowest BCUT2D eigenvalue weighted by Crippen LogP contribution is -2.10. The minimum atomic E-state index is -4.30. The van der Waals surface area contributed by atoms with Crippen LogP contribution in [0.25, 0.3) is 10.8 Å². The number of hydrogen-bond acceptors (Lipinski definition) is 4. The molecule has 0 aliphatic rings. The smallest absolute Gasteiger partial charge is 0.295 e. The van der Waals surface area contributed by atoms with Gasteiger partial charge in [-0.15, -0.1) is 0 Å². The number of phenols is 1. The predicted octanol–water partition coefficient (Wildman–Crippen LogP) is 1.85. The molecule has 0 aliphatic carbocycles. The van der Waals surface area contributed by atoms with Crippen molar-refractivity contribution in [2.75, 3.05) is 14.1 Å². The average Bonchev–Trinajstić information content (AvgIpc) is 2.30. The Labute approximate surface area is 111 Å². The first kappa shape index (κ1) is 13.8. The van der Waals surface area contributed by atoms with Crippen LogP contribution in [0.3, 0.4) is 0 Å². The van der Waals surface area contributed by atoms with Crippen molar-refractivity contribution in [1.29, 1.82) is 0 Å². The van der Waals surface area contributed by atoms with Crippen molar-refractivity contribution >= 4 is 20.9 Å². The van der Waals surface area contributed by atoms with Crippen LogP contribution in [0.4, 0.5) is 0 Å². The van der Waals surface area contributed by atoms with E-state index in [9.17, 15) is 18.1 Å². The van der Waals surface area contributed by atoms with Crippen LogP contribution >= 0.6 is 0 Å². The molecule has 2 aromatic rings. The molecule has 0 spiro atoms. The van der Waals surface area contributed by atoms with Crippen LogP contribution in [-0.4, -0.2) is 37.1 Å². The molecule has 2 N–H and O–H groups in total. The molecule has 0 aromatic heterocycles. The van der Waals surface area contributed by atoms with Crippen LogP contribution in [0.15, 0.2) is 35.2 Å². The molecule has 0 saturated heterocycles. The van der Waals surface area contributed by atoms with Crippen LogP contribution in [0.1, 0.15) is 5.56 Å². The zero-order chi connectivity index (χ0) is 14.2. The molecule has 19 heavy (non-hydrogen) atoms. The van der Waals surface area contributed by atoms with Crippen LogP contribution < -0.4 is 0 Å². The van der Waals surface area contributed by atoms with Crippen molar-refractivity contribution in [3.63, 3.8) is 0 Å². The molecule has 0 saturated carbocycles. The molecule has 0 unspecified atom stereocenters. The summed E-state index contributed by atoms with van der Waals surface area (Å²) in [6.07, 6.45) is 0. The fourth-order valence-corrected chi connectivity index (χ4v) is 2.76. The van der Waals surface area contributed by atoms with Crippen LogP contribution in [-0.2, 0) is 16.7 Å². The van der Waals surface area contributed by atoms with E-state index in [1.165, 1.54) is 12.1 Å². The summed E-state index contributed by atoms with van der Waals surface area (Å²) in [5, 5.41) is 10.9. The second kappa shape index (κ2) is 4.80. The quantitative estimate of drug-likeness (QED) is 0.840. The number of phenolic OH excluding ortho intramolecular Hbond substituents is 1. The summed E-state index contributed by atoms with van der Waals surface area (Å²) < 4.78 is 31.7. The maximum absolute atomic E-state index is 11.3. The first-order chi connectivity index (χ1) is 8.80. The number of aromatic hydroxyl groups is 1. The third kappa shape index (κ3) is 2.70. The summed E-state index contributed by atoms with van der Waals surface area (Å²) in [5.74, 6) is 0.0386. The van der Waals surface area contributed by atoms with E-state index in [0.717, 1.165) is 0 Å². The van der Waals surface area contributed by atoms with E-state index >= 15 is 0 Å². The second-order valence-electron chi connectivity index (χ2n) is 4.64. The molecule has 0 bridgehead atoms. The van der Waals surface area contributed by atoms with Gasteiger partial charge in [0, 0.05) is 22.9 Å². The lowest BCUT2D eigenvalue weighted by Gasteiger charge is -2.13. The average molecular weight is 281 g/mol. The lowest BCUT2D eigenvalue weighted by molar-refractivity contribution is 0.387. The third-order valence-corrected chi connectivity index (χ3v) is 3.75. The fourth-order valence-electron chi connectivity index (χ4n) is 2.05. The second-order valence-corrected chi connectivity index (χ2v) is 6.03. The van der Waals surface area contributed by atoms with Crippen LogP contribution in [0.2, 0.25) is 0 Å². The Morgan fingerprint density at radius 3 is 2.37 bits per heavy atom. The molecule has 2 rings (SSSR count). The Bertz CT molecular complexity index is 723. The van der Waals surface area contributed by atoms with Crippen LogP contribution in [0, 0.1) is 0 Å². The molecular formula is C13H15NO4S. The van der Waals surface area contributed by atoms with Crippen molar-refractivity contribution in [2.45, 2.75) is 11.4 Å². The lowest BCUT2D eigenvalue weighted by atomic mass is 10.0. The van der Waals surface area contributed by atoms with Gasteiger partial charge in [0.15, 0.2) is 0 Å². The highest BCUT2D eigenvalue weighted by Gasteiger charge is 2.16. The summed E-state index contributed by atoms with van der Waals surface area (Å²) in [4.78, 5) is 1.70. The molecule has 5 nitrogen and oxygen atoms in total. The zero-order valence-corrected chi connectivity index (χ0v) is 11.5. The highest BCUT2D eigenvalue weighted by atomic mass is 32.2. The van der Waals surface area contributed by atoms with Gasteiger partial charge in [-0.25, -0.2) is 0 Å². The van der Waals surface area contributed by atoms with Crippen molar-refractivity contribution in [3.8, 4) is 5.75 Å². The summed E-state index contributed by atoms with van der Waals surface area (Å²) in [5.41, 5.74) is 0.699. The molecule has 6 heteroatoms. The van der Waals surface area contributed by atoms with Gasteiger partial charge in [-0.05, 0) is 20.2 Å². The summed E-state index contributed by atoms with van der Waals surface area (Å²) in [6, 6.07) is 7.68. The molecule has 0 atom stereocenters. The number of benzene rings is 2.